The van der Waals surface area contributed by atoms with Crippen LogP contribution in [0.15, 0.2) is 34.9 Å². The van der Waals surface area contributed by atoms with E-state index in [1.54, 1.807) is 11.8 Å². The van der Waals surface area contributed by atoms with E-state index in [-0.39, 0.29) is 6.61 Å². The zero-order valence-corrected chi connectivity index (χ0v) is 11.1. The molecule has 0 aliphatic carbocycles. The number of aliphatic hydroxyl groups is 1. The van der Waals surface area contributed by atoms with Crippen molar-refractivity contribution in [2.24, 2.45) is 0 Å². The Bertz CT molecular complexity index is 473. The van der Waals surface area contributed by atoms with Gasteiger partial charge in [-0.15, -0.1) is 0 Å². The van der Waals surface area contributed by atoms with Gasteiger partial charge in [0.05, 0.1) is 5.75 Å². The average Bonchev–Trinajstić information content (AvgIpc) is 2.87. The van der Waals surface area contributed by atoms with Crippen LogP contribution in [0.25, 0.3) is 11.5 Å². The van der Waals surface area contributed by atoms with Crippen LogP contribution >= 0.6 is 11.8 Å². The second kappa shape index (κ2) is 6.56. The molecule has 2 rings (SSSR count). The maximum Gasteiger partial charge on any atom is 0.257 e. The molecule has 1 aromatic heterocycles. The Morgan fingerprint density at radius 2 is 2.11 bits per heavy atom. The predicted octanol–water partition coefficient (Wildman–Crippen LogP) is 2.74. The minimum Gasteiger partial charge on any atom is -0.396 e. The largest absolute Gasteiger partial charge is 0.396 e. The summed E-state index contributed by atoms with van der Waals surface area (Å²) in [6, 6.07) is 9.72. The third-order valence-electron chi connectivity index (χ3n) is 2.52. The monoisotopic (exact) mass is 264 g/mol. The normalized spacial score (nSPS) is 12.6. The summed E-state index contributed by atoms with van der Waals surface area (Å²) in [7, 11) is 0. The Labute approximate surface area is 110 Å². The van der Waals surface area contributed by atoms with Crippen molar-refractivity contribution in [2.75, 3.05) is 6.61 Å². The summed E-state index contributed by atoms with van der Waals surface area (Å²) in [5.41, 5.74) is 0.935. The van der Waals surface area contributed by atoms with Gasteiger partial charge < -0.3 is 9.63 Å². The summed E-state index contributed by atoms with van der Waals surface area (Å²) in [6.45, 7) is 2.30. The Kier molecular flexibility index (Phi) is 4.78. The molecule has 0 radical (unpaired) electrons. The van der Waals surface area contributed by atoms with Gasteiger partial charge in [-0.05, 0) is 18.6 Å². The molecule has 0 saturated heterocycles. The third-order valence-corrected chi connectivity index (χ3v) is 3.75. The lowest BCUT2D eigenvalue weighted by atomic mass is 10.2. The molecule has 4 nitrogen and oxygen atoms in total. The fraction of sp³-hybridized carbons (Fsp3) is 0.385. The summed E-state index contributed by atoms with van der Waals surface area (Å²) in [6.07, 6.45) is 0.786. The lowest BCUT2D eigenvalue weighted by Gasteiger charge is -2.06. The molecule has 1 N–H and O–H groups in total. The van der Waals surface area contributed by atoms with Gasteiger partial charge >= 0.3 is 0 Å². The molecule has 0 bridgehead atoms. The highest BCUT2D eigenvalue weighted by molar-refractivity contribution is 7.99. The maximum absolute atomic E-state index is 8.82. The number of thioether (sulfide) groups is 1. The van der Waals surface area contributed by atoms with Gasteiger partial charge in [0.2, 0.25) is 0 Å². The van der Waals surface area contributed by atoms with Crippen molar-refractivity contribution in [3.63, 3.8) is 0 Å². The van der Waals surface area contributed by atoms with Gasteiger partial charge in [0.1, 0.15) is 0 Å². The van der Waals surface area contributed by atoms with E-state index in [9.17, 15) is 0 Å². The molecule has 0 amide bonds. The van der Waals surface area contributed by atoms with Gasteiger partial charge in [-0.25, -0.2) is 0 Å². The topological polar surface area (TPSA) is 59.2 Å². The number of rotatable bonds is 6. The van der Waals surface area contributed by atoms with Crippen LogP contribution in [0.2, 0.25) is 0 Å². The first-order chi connectivity index (χ1) is 8.79. The second-order valence-corrected chi connectivity index (χ2v) is 5.44. The molecule has 0 aliphatic rings. The van der Waals surface area contributed by atoms with E-state index in [0.29, 0.717) is 22.7 Å². The molecular formula is C13H16N2O2S. The quantitative estimate of drug-likeness (QED) is 0.869. The lowest BCUT2D eigenvalue weighted by molar-refractivity contribution is 0.289. The summed E-state index contributed by atoms with van der Waals surface area (Å²) >= 11 is 1.72. The molecule has 96 valence electrons. The molecule has 1 unspecified atom stereocenters. The van der Waals surface area contributed by atoms with Crippen LogP contribution in [-0.2, 0) is 5.75 Å². The highest BCUT2D eigenvalue weighted by Gasteiger charge is 2.10. The van der Waals surface area contributed by atoms with Crippen LogP contribution < -0.4 is 0 Å². The summed E-state index contributed by atoms with van der Waals surface area (Å²) < 4.78 is 5.22. The highest BCUT2D eigenvalue weighted by Crippen LogP contribution is 2.21. The minimum absolute atomic E-state index is 0.218. The van der Waals surface area contributed by atoms with Crippen LogP contribution in [0, 0.1) is 0 Å². The van der Waals surface area contributed by atoms with Crippen LogP contribution in [0.5, 0.6) is 0 Å². The molecule has 1 aromatic carbocycles. The van der Waals surface area contributed by atoms with Crippen LogP contribution in [-0.4, -0.2) is 27.1 Å². The van der Waals surface area contributed by atoms with Crippen molar-refractivity contribution in [2.45, 2.75) is 24.3 Å². The van der Waals surface area contributed by atoms with E-state index < -0.39 is 0 Å². The molecule has 0 fully saturated rings. The van der Waals surface area contributed by atoms with Gasteiger partial charge in [-0.2, -0.15) is 16.7 Å². The SMILES string of the molecule is CC(CCO)SCc1noc(-c2ccccc2)n1. The first-order valence-corrected chi connectivity index (χ1v) is 6.95. The van der Waals surface area contributed by atoms with E-state index in [4.69, 9.17) is 9.63 Å². The number of benzene rings is 1. The predicted molar refractivity (Wildman–Crippen MR) is 72.2 cm³/mol. The smallest absolute Gasteiger partial charge is 0.257 e. The number of aromatic nitrogens is 2. The third kappa shape index (κ3) is 3.58. The summed E-state index contributed by atoms with van der Waals surface area (Å²) in [4.78, 5) is 4.35. The fourth-order valence-electron chi connectivity index (χ4n) is 1.49. The lowest BCUT2D eigenvalue weighted by Crippen LogP contribution is -2.00. The average molecular weight is 264 g/mol. The van der Waals surface area contributed by atoms with Gasteiger partial charge in [0.15, 0.2) is 5.82 Å². The maximum atomic E-state index is 8.82. The van der Waals surface area contributed by atoms with Crippen molar-refractivity contribution >= 4 is 11.8 Å². The van der Waals surface area contributed by atoms with Crippen LogP contribution in [0.1, 0.15) is 19.2 Å². The minimum atomic E-state index is 0.218. The molecule has 0 aliphatic heterocycles. The summed E-state index contributed by atoms with van der Waals surface area (Å²) in [5.74, 6) is 1.96. The van der Waals surface area contributed by atoms with Gasteiger partial charge in [-0.3, -0.25) is 0 Å². The molecule has 1 atom stereocenters. The van der Waals surface area contributed by atoms with E-state index in [1.165, 1.54) is 0 Å². The highest BCUT2D eigenvalue weighted by atomic mass is 32.2. The number of nitrogens with zero attached hydrogens (tertiary/aromatic N) is 2. The molecular weight excluding hydrogens is 248 g/mol. The zero-order chi connectivity index (χ0) is 12.8. The van der Waals surface area contributed by atoms with Gasteiger partial charge in [0.25, 0.3) is 5.89 Å². The Morgan fingerprint density at radius 3 is 2.83 bits per heavy atom. The molecule has 0 spiro atoms. The molecule has 1 heterocycles. The summed E-state index contributed by atoms with van der Waals surface area (Å²) in [5, 5.41) is 13.2. The first kappa shape index (κ1) is 13.1. The Hall–Kier alpha value is -1.33. The Balaban J connectivity index is 1.95. The van der Waals surface area contributed by atoms with E-state index >= 15 is 0 Å². The fourth-order valence-corrected chi connectivity index (χ4v) is 2.32. The van der Waals surface area contributed by atoms with E-state index in [1.807, 2.05) is 30.3 Å². The van der Waals surface area contributed by atoms with Crippen molar-refractivity contribution in [3.05, 3.63) is 36.2 Å². The number of aliphatic hydroxyl groups excluding tert-OH is 1. The Morgan fingerprint density at radius 1 is 1.33 bits per heavy atom. The van der Waals surface area contributed by atoms with Crippen molar-refractivity contribution in [3.8, 4) is 11.5 Å². The zero-order valence-electron chi connectivity index (χ0n) is 10.2. The van der Waals surface area contributed by atoms with Crippen molar-refractivity contribution in [1.82, 2.24) is 10.1 Å². The first-order valence-electron chi connectivity index (χ1n) is 5.90. The van der Waals surface area contributed by atoms with Crippen LogP contribution in [0.4, 0.5) is 0 Å². The van der Waals surface area contributed by atoms with E-state index in [0.717, 1.165) is 12.0 Å². The van der Waals surface area contributed by atoms with E-state index in [2.05, 4.69) is 17.1 Å². The molecule has 18 heavy (non-hydrogen) atoms. The molecule has 0 saturated carbocycles. The van der Waals surface area contributed by atoms with Gasteiger partial charge in [0, 0.05) is 17.4 Å². The van der Waals surface area contributed by atoms with Crippen molar-refractivity contribution < 1.29 is 9.63 Å². The van der Waals surface area contributed by atoms with Gasteiger partial charge in [-0.1, -0.05) is 30.3 Å². The molecule has 5 heteroatoms. The van der Waals surface area contributed by atoms with Crippen LogP contribution in [0.3, 0.4) is 0 Å². The number of hydrogen-bond donors (Lipinski definition) is 1. The molecule has 2 aromatic rings. The van der Waals surface area contributed by atoms with Crippen molar-refractivity contribution in [1.29, 1.82) is 0 Å². The number of hydrogen-bond acceptors (Lipinski definition) is 5. The standard InChI is InChI=1S/C13H16N2O2S/c1-10(7-8-16)18-9-12-14-13(17-15-12)11-5-3-2-4-6-11/h2-6,10,16H,7-9H2,1H3. The second-order valence-electron chi connectivity index (χ2n) is 4.02.